The maximum Gasteiger partial charge on any atom is 0.212 e. The van der Waals surface area contributed by atoms with Crippen LogP contribution in [0.3, 0.4) is 0 Å². The fourth-order valence-corrected chi connectivity index (χ4v) is 2.28. The molecule has 0 aliphatic carbocycles. The van der Waals surface area contributed by atoms with Crippen molar-refractivity contribution in [2.75, 3.05) is 5.75 Å². The number of terminal acetylenes is 1. The van der Waals surface area contributed by atoms with Gasteiger partial charge >= 0.3 is 0 Å². The van der Waals surface area contributed by atoms with Crippen LogP contribution in [0.1, 0.15) is 33.1 Å². The molecule has 0 aliphatic heterocycles. The molecule has 0 aromatic heterocycles. The maximum atomic E-state index is 11.3. The standard InChI is InChI=1S/C9H17NO2S/c1-4-7-9(6-3)10-13(11,12)8-5-2/h3,9-10H,4-5,7-8H2,1-2H3. The summed E-state index contributed by atoms with van der Waals surface area (Å²) in [6.07, 6.45) is 7.37. The first-order valence-corrected chi connectivity index (χ1v) is 6.17. The zero-order chi connectivity index (χ0) is 10.3. The zero-order valence-electron chi connectivity index (χ0n) is 8.21. The molecule has 76 valence electrons. The Morgan fingerprint density at radius 3 is 2.38 bits per heavy atom. The second kappa shape index (κ2) is 6.01. The monoisotopic (exact) mass is 203 g/mol. The first-order chi connectivity index (χ1) is 6.05. The van der Waals surface area contributed by atoms with Crippen LogP contribution in [0.4, 0.5) is 0 Å². The summed E-state index contributed by atoms with van der Waals surface area (Å²) >= 11 is 0. The molecule has 0 aliphatic rings. The number of sulfonamides is 1. The lowest BCUT2D eigenvalue weighted by Crippen LogP contribution is -2.35. The largest absolute Gasteiger partial charge is 0.212 e. The van der Waals surface area contributed by atoms with Gasteiger partial charge in [-0.2, -0.15) is 0 Å². The molecule has 3 nitrogen and oxygen atoms in total. The number of rotatable bonds is 6. The third-order valence-electron chi connectivity index (χ3n) is 1.57. The average molecular weight is 203 g/mol. The van der Waals surface area contributed by atoms with E-state index in [4.69, 9.17) is 6.42 Å². The van der Waals surface area contributed by atoms with Crippen LogP contribution in [-0.4, -0.2) is 20.2 Å². The maximum absolute atomic E-state index is 11.3. The van der Waals surface area contributed by atoms with E-state index >= 15 is 0 Å². The molecule has 0 amide bonds. The van der Waals surface area contributed by atoms with Crippen molar-refractivity contribution in [3.05, 3.63) is 0 Å². The molecule has 0 saturated carbocycles. The Balaban J connectivity index is 4.16. The summed E-state index contributed by atoms with van der Waals surface area (Å²) in [5, 5.41) is 0. The lowest BCUT2D eigenvalue weighted by molar-refractivity contribution is 0.563. The highest BCUT2D eigenvalue weighted by Gasteiger charge is 2.13. The van der Waals surface area contributed by atoms with Gasteiger partial charge in [-0.25, -0.2) is 13.1 Å². The Morgan fingerprint density at radius 2 is 2.00 bits per heavy atom. The van der Waals surface area contributed by atoms with E-state index in [1.54, 1.807) is 0 Å². The number of hydrogen-bond acceptors (Lipinski definition) is 2. The molecule has 0 heterocycles. The number of hydrogen-bond donors (Lipinski definition) is 1. The van der Waals surface area contributed by atoms with Gasteiger partial charge in [-0.05, 0) is 12.8 Å². The molecule has 0 bridgehead atoms. The van der Waals surface area contributed by atoms with Gasteiger partial charge in [-0.15, -0.1) is 6.42 Å². The minimum Gasteiger partial charge on any atom is -0.212 e. The van der Waals surface area contributed by atoms with Crippen molar-refractivity contribution in [1.82, 2.24) is 4.72 Å². The fraction of sp³-hybridized carbons (Fsp3) is 0.778. The molecule has 4 heteroatoms. The van der Waals surface area contributed by atoms with Crippen molar-refractivity contribution < 1.29 is 8.42 Å². The van der Waals surface area contributed by atoms with Crippen LogP contribution in [0.5, 0.6) is 0 Å². The van der Waals surface area contributed by atoms with Crippen molar-refractivity contribution >= 4 is 10.0 Å². The van der Waals surface area contributed by atoms with Crippen LogP contribution >= 0.6 is 0 Å². The molecule has 1 N–H and O–H groups in total. The van der Waals surface area contributed by atoms with Gasteiger partial charge in [-0.1, -0.05) is 26.2 Å². The smallest absolute Gasteiger partial charge is 0.212 e. The second-order valence-electron chi connectivity index (χ2n) is 2.94. The summed E-state index contributed by atoms with van der Waals surface area (Å²) in [6.45, 7) is 3.79. The summed E-state index contributed by atoms with van der Waals surface area (Å²) in [5.41, 5.74) is 0. The molecule has 0 spiro atoms. The van der Waals surface area contributed by atoms with E-state index < -0.39 is 10.0 Å². The van der Waals surface area contributed by atoms with Gasteiger partial charge in [-0.3, -0.25) is 0 Å². The van der Waals surface area contributed by atoms with Crippen molar-refractivity contribution in [3.8, 4) is 12.3 Å². The molecule has 1 unspecified atom stereocenters. The van der Waals surface area contributed by atoms with Gasteiger partial charge < -0.3 is 0 Å². The van der Waals surface area contributed by atoms with Crippen LogP contribution in [0, 0.1) is 12.3 Å². The second-order valence-corrected chi connectivity index (χ2v) is 4.82. The van der Waals surface area contributed by atoms with E-state index in [0.29, 0.717) is 12.8 Å². The predicted molar refractivity (Wildman–Crippen MR) is 54.7 cm³/mol. The summed E-state index contributed by atoms with van der Waals surface area (Å²) in [5.74, 6) is 2.57. The van der Waals surface area contributed by atoms with Crippen LogP contribution in [0.25, 0.3) is 0 Å². The van der Waals surface area contributed by atoms with Crippen molar-refractivity contribution in [3.63, 3.8) is 0 Å². The van der Waals surface area contributed by atoms with E-state index in [0.717, 1.165) is 6.42 Å². The van der Waals surface area contributed by atoms with Crippen LogP contribution in [0.15, 0.2) is 0 Å². The molecule has 0 saturated heterocycles. The van der Waals surface area contributed by atoms with Gasteiger partial charge in [0.15, 0.2) is 0 Å². The van der Waals surface area contributed by atoms with E-state index in [1.807, 2.05) is 13.8 Å². The van der Waals surface area contributed by atoms with Gasteiger partial charge in [0.05, 0.1) is 11.8 Å². The van der Waals surface area contributed by atoms with Crippen molar-refractivity contribution in [2.45, 2.75) is 39.2 Å². The first kappa shape index (κ1) is 12.5. The van der Waals surface area contributed by atoms with Crippen molar-refractivity contribution in [1.29, 1.82) is 0 Å². The number of nitrogens with one attached hydrogen (secondary N) is 1. The Kier molecular flexibility index (Phi) is 5.76. The molecule has 0 fully saturated rings. The van der Waals surface area contributed by atoms with Crippen LogP contribution in [0.2, 0.25) is 0 Å². The van der Waals surface area contributed by atoms with Crippen LogP contribution in [-0.2, 0) is 10.0 Å². The van der Waals surface area contributed by atoms with E-state index in [9.17, 15) is 8.42 Å². The molecular formula is C9H17NO2S. The highest BCUT2D eigenvalue weighted by molar-refractivity contribution is 7.89. The normalized spacial score (nSPS) is 13.6. The third kappa shape index (κ3) is 5.67. The lowest BCUT2D eigenvalue weighted by atomic mass is 10.2. The Bertz CT molecular complexity index is 264. The topological polar surface area (TPSA) is 46.2 Å². The molecule has 1 atom stereocenters. The predicted octanol–water partition coefficient (Wildman–Crippen LogP) is 1.12. The molecule has 0 rings (SSSR count). The molecule has 13 heavy (non-hydrogen) atoms. The van der Waals surface area contributed by atoms with Crippen molar-refractivity contribution in [2.24, 2.45) is 0 Å². The summed E-state index contributed by atoms with van der Waals surface area (Å²) in [6, 6.07) is -0.346. The highest BCUT2D eigenvalue weighted by atomic mass is 32.2. The molecule has 0 aromatic carbocycles. The summed E-state index contributed by atoms with van der Waals surface area (Å²) < 4.78 is 25.0. The molecular weight excluding hydrogens is 186 g/mol. The van der Waals surface area contributed by atoms with E-state index in [2.05, 4.69) is 10.6 Å². The quantitative estimate of drug-likeness (QED) is 0.657. The van der Waals surface area contributed by atoms with E-state index in [1.165, 1.54) is 0 Å². The zero-order valence-corrected chi connectivity index (χ0v) is 9.02. The summed E-state index contributed by atoms with van der Waals surface area (Å²) in [4.78, 5) is 0. The van der Waals surface area contributed by atoms with Gasteiger partial charge in [0.25, 0.3) is 0 Å². The van der Waals surface area contributed by atoms with Crippen LogP contribution < -0.4 is 4.72 Å². The molecule has 0 radical (unpaired) electrons. The third-order valence-corrected chi connectivity index (χ3v) is 3.16. The van der Waals surface area contributed by atoms with Gasteiger partial charge in [0, 0.05) is 0 Å². The Morgan fingerprint density at radius 1 is 1.38 bits per heavy atom. The summed E-state index contributed by atoms with van der Waals surface area (Å²) in [7, 11) is -3.16. The fourth-order valence-electron chi connectivity index (χ4n) is 1.01. The molecule has 0 aromatic rings. The Labute approximate surface area is 81.0 Å². The first-order valence-electron chi connectivity index (χ1n) is 4.51. The average Bonchev–Trinajstić information content (AvgIpc) is 2.03. The lowest BCUT2D eigenvalue weighted by Gasteiger charge is -2.11. The highest BCUT2D eigenvalue weighted by Crippen LogP contribution is 1.98. The van der Waals surface area contributed by atoms with Gasteiger partial charge in [0.1, 0.15) is 0 Å². The van der Waals surface area contributed by atoms with Gasteiger partial charge in [0.2, 0.25) is 10.0 Å². The SMILES string of the molecule is C#CC(CCC)NS(=O)(=O)CCC. The Hall–Kier alpha value is -0.530. The minimum atomic E-state index is -3.16. The minimum absolute atomic E-state index is 0.148. The van der Waals surface area contributed by atoms with E-state index in [-0.39, 0.29) is 11.8 Å².